The van der Waals surface area contributed by atoms with E-state index in [1.807, 2.05) is 30.7 Å². The maximum atomic E-state index is 13.0. The van der Waals surface area contributed by atoms with Gasteiger partial charge in [-0.2, -0.15) is 5.10 Å². The molecule has 1 N–H and O–H groups in total. The minimum atomic E-state index is -2.92. The number of rotatable bonds is 7. The standard InChI is InChI=1S/C19H26FN3O2S2/c1-14-19(15(2)23(21-14)17-8-11-27(24,25)13-17)12-22(3)9-10-26-18-6-4-16(20)5-7-18/h4-7,17H,8-13H2,1-3H3/p+1/t17-/m0/s1. The fourth-order valence-electron chi connectivity index (χ4n) is 3.54. The fourth-order valence-corrected chi connectivity index (χ4v) is 6.25. The summed E-state index contributed by atoms with van der Waals surface area (Å²) in [5.41, 5.74) is 3.28. The first-order chi connectivity index (χ1) is 12.7. The van der Waals surface area contributed by atoms with Gasteiger partial charge in [0.15, 0.2) is 9.84 Å². The molecular formula is C19H27FN3O2S2+. The van der Waals surface area contributed by atoms with Gasteiger partial charge < -0.3 is 4.90 Å². The first-order valence-electron chi connectivity index (χ1n) is 9.20. The third-order valence-corrected chi connectivity index (χ3v) is 7.88. The van der Waals surface area contributed by atoms with Crippen molar-refractivity contribution in [2.75, 3.05) is 30.9 Å². The molecule has 0 radical (unpaired) electrons. The van der Waals surface area contributed by atoms with Crippen molar-refractivity contribution in [2.24, 2.45) is 0 Å². The largest absolute Gasteiger partial charge is 0.333 e. The highest BCUT2D eigenvalue weighted by molar-refractivity contribution is 7.99. The van der Waals surface area contributed by atoms with E-state index in [0.29, 0.717) is 6.42 Å². The van der Waals surface area contributed by atoms with Gasteiger partial charge in [0.2, 0.25) is 0 Å². The molecule has 0 bridgehead atoms. The molecule has 8 heteroatoms. The van der Waals surface area contributed by atoms with Crippen molar-refractivity contribution >= 4 is 21.6 Å². The number of aryl methyl sites for hydroxylation is 1. The summed E-state index contributed by atoms with van der Waals surface area (Å²) in [5, 5.41) is 4.65. The molecule has 1 aliphatic rings. The van der Waals surface area contributed by atoms with Crippen LogP contribution in [-0.4, -0.2) is 49.0 Å². The van der Waals surface area contributed by atoms with E-state index in [0.717, 1.165) is 35.1 Å². The number of quaternary nitrogens is 1. The van der Waals surface area contributed by atoms with Crippen LogP contribution < -0.4 is 4.90 Å². The Labute approximate surface area is 164 Å². The van der Waals surface area contributed by atoms with Crippen LogP contribution in [0.5, 0.6) is 0 Å². The Morgan fingerprint density at radius 3 is 2.63 bits per heavy atom. The van der Waals surface area contributed by atoms with Crippen LogP contribution in [0, 0.1) is 19.7 Å². The third-order valence-electron chi connectivity index (χ3n) is 5.12. The highest BCUT2D eigenvalue weighted by atomic mass is 32.2. The van der Waals surface area contributed by atoms with Gasteiger partial charge in [-0.15, -0.1) is 11.8 Å². The van der Waals surface area contributed by atoms with Crippen LogP contribution in [0.25, 0.3) is 0 Å². The van der Waals surface area contributed by atoms with Crippen molar-refractivity contribution in [1.82, 2.24) is 9.78 Å². The van der Waals surface area contributed by atoms with Crippen molar-refractivity contribution in [3.63, 3.8) is 0 Å². The van der Waals surface area contributed by atoms with E-state index in [2.05, 4.69) is 12.1 Å². The Bertz CT molecular complexity index is 894. The molecule has 1 aliphatic heterocycles. The molecular weight excluding hydrogens is 385 g/mol. The molecule has 0 aliphatic carbocycles. The lowest BCUT2D eigenvalue weighted by molar-refractivity contribution is -0.891. The molecule has 1 fully saturated rings. The Kier molecular flexibility index (Phi) is 6.28. The van der Waals surface area contributed by atoms with Crippen molar-refractivity contribution in [3.05, 3.63) is 47.0 Å². The van der Waals surface area contributed by atoms with Gasteiger partial charge >= 0.3 is 0 Å². The van der Waals surface area contributed by atoms with Crippen LogP contribution in [0.3, 0.4) is 0 Å². The molecule has 1 saturated heterocycles. The molecule has 27 heavy (non-hydrogen) atoms. The summed E-state index contributed by atoms with van der Waals surface area (Å²) in [6, 6.07) is 6.57. The van der Waals surface area contributed by atoms with Crippen molar-refractivity contribution in [2.45, 2.75) is 37.8 Å². The van der Waals surface area contributed by atoms with E-state index >= 15 is 0 Å². The van der Waals surface area contributed by atoms with Gasteiger partial charge in [-0.05, 0) is 44.5 Å². The number of benzene rings is 1. The fraction of sp³-hybridized carbons (Fsp3) is 0.526. The van der Waals surface area contributed by atoms with Crippen LogP contribution in [0.1, 0.15) is 29.4 Å². The van der Waals surface area contributed by atoms with Crippen molar-refractivity contribution in [1.29, 1.82) is 0 Å². The molecule has 148 valence electrons. The molecule has 2 heterocycles. The number of nitrogens with one attached hydrogen (secondary N) is 1. The van der Waals surface area contributed by atoms with Gasteiger partial charge in [0, 0.05) is 16.3 Å². The van der Waals surface area contributed by atoms with Crippen LogP contribution in [-0.2, 0) is 16.4 Å². The van der Waals surface area contributed by atoms with Gasteiger partial charge in [-0.25, -0.2) is 12.8 Å². The Balaban J connectivity index is 1.57. The number of halogens is 1. The second-order valence-electron chi connectivity index (χ2n) is 7.34. The molecule has 2 atom stereocenters. The summed E-state index contributed by atoms with van der Waals surface area (Å²) in [6.45, 7) is 5.88. The van der Waals surface area contributed by atoms with Crippen molar-refractivity contribution in [3.8, 4) is 0 Å². The number of hydrogen-bond acceptors (Lipinski definition) is 4. The maximum Gasteiger partial charge on any atom is 0.152 e. The summed E-state index contributed by atoms with van der Waals surface area (Å²) in [6.07, 6.45) is 0.654. The molecule has 0 spiro atoms. The third kappa shape index (κ3) is 5.12. The Morgan fingerprint density at radius 1 is 1.30 bits per heavy atom. The van der Waals surface area contributed by atoms with Gasteiger partial charge in [0.05, 0.1) is 42.4 Å². The highest BCUT2D eigenvalue weighted by Gasteiger charge is 2.31. The summed E-state index contributed by atoms with van der Waals surface area (Å²) in [7, 11) is -0.766. The lowest BCUT2D eigenvalue weighted by atomic mass is 10.1. The minimum Gasteiger partial charge on any atom is -0.333 e. The zero-order valence-corrected chi connectivity index (χ0v) is 17.7. The van der Waals surface area contributed by atoms with Gasteiger partial charge in [-0.3, -0.25) is 4.68 Å². The Morgan fingerprint density at radius 2 is 2.00 bits per heavy atom. The minimum absolute atomic E-state index is 0.0308. The first-order valence-corrected chi connectivity index (χ1v) is 12.0. The van der Waals surface area contributed by atoms with E-state index in [1.54, 1.807) is 11.8 Å². The predicted octanol–water partition coefficient (Wildman–Crippen LogP) is 1.81. The number of sulfone groups is 1. The lowest BCUT2D eigenvalue weighted by Gasteiger charge is -2.15. The molecule has 5 nitrogen and oxygen atoms in total. The summed E-state index contributed by atoms with van der Waals surface area (Å²) >= 11 is 1.73. The molecule has 2 aromatic rings. The predicted molar refractivity (Wildman–Crippen MR) is 107 cm³/mol. The van der Waals surface area contributed by atoms with Crippen LogP contribution in [0.2, 0.25) is 0 Å². The van der Waals surface area contributed by atoms with E-state index < -0.39 is 9.84 Å². The number of hydrogen-bond donors (Lipinski definition) is 1. The van der Waals surface area contributed by atoms with E-state index in [4.69, 9.17) is 0 Å². The second-order valence-corrected chi connectivity index (χ2v) is 10.7. The quantitative estimate of drug-likeness (QED) is 0.705. The summed E-state index contributed by atoms with van der Waals surface area (Å²) in [5.74, 6) is 1.20. The second kappa shape index (κ2) is 8.32. The van der Waals surface area contributed by atoms with Gasteiger partial charge in [-0.1, -0.05) is 0 Å². The monoisotopic (exact) mass is 412 g/mol. The van der Waals surface area contributed by atoms with Crippen LogP contribution >= 0.6 is 11.8 Å². The number of nitrogens with zero attached hydrogens (tertiary/aromatic N) is 2. The Hall–Kier alpha value is -1.38. The van der Waals surface area contributed by atoms with E-state index in [-0.39, 0.29) is 23.4 Å². The smallest absolute Gasteiger partial charge is 0.152 e. The average molecular weight is 413 g/mol. The number of thioether (sulfide) groups is 1. The lowest BCUT2D eigenvalue weighted by Crippen LogP contribution is -3.08. The topological polar surface area (TPSA) is 56.4 Å². The molecule has 0 amide bonds. The maximum absolute atomic E-state index is 13.0. The SMILES string of the molecule is Cc1nn([C@H]2CCS(=O)(=O)C2)c(C)c1C[NH+](C)CCSc1ccc(F)cc1. The van der Waals surface area contributed by atoms with Crippen molar-refractivity contribution < 1.29 is 17.7 Å². The van der Waals surface area contributed by atoms with E-state index in [1.165, 1.54) is 22.6 Å². The van der Waals surface area contributed by atoms with Crippen LogP contribution in [0.4, 0.5) is 4.39 Å². The zero-order chi connectivity index (χ0) is 19.6. The zero-order valence-electron chi connectivity index (χ0n) is 16.0. The van der Waals surface area contributed by atoms with Gasteiger partial charge in [0.1, 0.15) is 12.4 Å². The average Bonchev–Trinajstić information content (AvgIpc) is 3.10. The normalized spacial score (nSPS) is 20.1. The molecule has 1 aromatic heterocycles. The van der Waals surface area contributed by atoms with Crippen LogP contribution in [0.15, 0.2) is 29.2 Å². The molecule has 1 aromatic carbocycles. The highest BCUT2D eigenvalue weighted by Crippen LogP contribution is 2.26. The van der Waals surface area contributed by atoms with Gasteiger partial charge in [0.25, 0.3) is 0 Å². The summed E-state index contributed by atoms with van der Waals surface area (Å²) in [4.78, 5) is 2.45. The summed E-state index contributed by atoms with van der Waals surface area (Å²) < 4.78 is 38.4. The first kappa shape index (κ1) is 20.4. The molecule has 0 saturated carbocycles. The molecule has 3 rings (SSSR count). The molecule has 1 unspecified atom stereocenters. The van der Waals surface area contributed by atoms with E-state index in [9.17, 15) is 12.8 Å². The number of aromatic nitrogens is 2.